The maximum Gasteiger partial charge on any atom is 0.166 e. The van der Waals surface area contributed by atoms with Crippen LogP contribution < -0.4 is 4.90 Å². The molecule has 0 saturated carbocycles. The third-order valence-electron chi connectivity index (χ3n) is 4.22. The highest BCUT2D eigenvalue weighted by molar-refractivity contribution is 5.97. The minimum atomic E-state index is -0.308. The van der Waals surface area contributed by atoms with Crippen LogP contribution in [0.25, 0.3) is 0 Å². The third kappa shape index (κ3) is 3.16. The molecule has 1 saturated heterocycles. The van der Waals surface area contributed by atoms with Gasteiger partial charge in [0.15, 0.2) is 5.78 Å². The van der Waals surface area contributed by atoms with Gasteiger partial charge >= 0.3 is 0 Å². The van der Waals surface area contributed by atoms with E-state index >= 15 is 0 Å². The second-order valence-corrected chi connectivity index (χ2v) is 5.82. The summed E-state index contributed by atoms with van der Waals surface area (Å²) in [5, 5.41) is 0. The fourth-order valence-corrected chi connectivity index (χ4v) is 2.91. The van der Waals surface area contributed by atoms with Crippen LogP contribution in [0.3, 0.4) is 0 Å². The molecule has 0 N–H and O–H groups in total. The predicted octanol–water partition coefficient (Wildman–Crippen LogP) is 3.63. The van der Waals surface area contributed by atoms with Crippen molar-refractivity contribution in [1.82, 2.24) is 4.98 Å². The molecule has 0 atom stereocenters. The monoisotopic (exact) mass is 298 g/mol. The molecule has 3 rings (SSSR count). The summed E-state index contributed by atoms with van der Waals surface area (Å²) in [6.45, 7) is 3.71. The Morgan fingerprint density at radius 3 is 2.50 bits per heavy atom. The first-order chi connectivity index (χ1) is 10.6. The van der Waals surface area contributed by atoms with Gasteiger partial charge in [0.1, 0.15) is 11.6 Å². The topological polar surface area (TPSA) is 33.2 Å². The van der Waals surface area contributed by atoms with Gasteiger partial charge in [-0.25, -0.2) is 9.37 Å². The predicted molar refractivity (Wildman–Crippen MR) is 84.6 cm³/mol. The number of Topliss-reactive ketones (excluding diaryl/α,β-unsaturated/α-hetero) is 1. The lowest BCUT2D eigenvalue weighted by Crippen LogP contribution is -2.36. The fourth-order valence-electron chi connectivity index (χ4n) is 2.91. The number of pyridine rings is 1. The maximum atomic E-state index is 12.9. The number of carbonyl (C=O) groups excluding carboxylic acids is 1. The molecule has 1 fully saturated rings. The Hall–Kier alpha value is -2.23. The molecule has 2 heterocycles. The molecule has 0 unspecified atom stereocenters. The van der Waals surface area contributed by atoms with E-state index in [9.17, 15) is 9.18 Å². The first kappa shape index (κ1) is 14.7. The van der Waals surface area contributed by atoms with Crippen LogP contribution in [0.4, 0.5) is 10.2 Å². The summed E-state index contributed by atoms with van der Waals surface area (Å²) >= 11 is 0. The molecule has 1 aliphatic heterocycles. The highest BCUT2D eigenvalue weighted by atomic mass is 19.1. The summed E-state index contributed by atoms with van der Waals surface area (Å²) < 4.78 is 12.9. The van der Waals surface area contributed by atoms with Crippen molar-refractivity contribution < 1.29 is 9.18 Å². The highest BCUT2D eigenvalue weighted by Crippen LogP contribution is 2.25. The van der Waals surface area contributed by atoms with Crippen LogP contribution in [0.5, 0.6) is 0 Å². The zero-order valence-corrected chi connectivity index (χ0v) is 12.6. The first-order valence-corrected chi connectivity index (χ1v) is 7.61. The van der Waals surface area contributed by atoms with Crippen molar-refractivity contribution in [3.05, 3.63) is 59.5 Å². The number of hydrogen-bond acceptors (Lipinski definition) is 3. The molecule has 0 bridgehead atoms. The van der Waals surface area contributed by atoms with Gasteiger partial charge in [0.2, 0.25) is 0 Å². The molecule has 0 spiro atoms. The van der Waals surface area contributed by atoms with Crippen molar-refractivity contribution in [3.63, 3.8) is 0 Å². The van der Waals surface area contributed by atoms with E-state index < -0.39 is 0 Å². The number of aryl methyl sites for hydroxylation is 1. The Labute approximate surface area is 129 Å². The Kier molecular flexibility index (Phi) is 4.18. The van der Waals surface area contributed by atoms with E-state index in [1.54, 1.807) is 12.1 Å². The summed E-state index contributed by atoms with van der Waals surface area (Å²) in [4.78, 5) is 19.1. The van der Waals surface area contributed by atoms with Crippen LogP contribution in [-0.2, 0) is 0 Å². The van der Waals surface area contributed by atoms with Crippen molar-refractivity contribution in [1.29, 1.82) is 0 Å². The second-order valence-electron chi connectivity index (χ2n) is 5.82. The second kappa shape index (κ2) is 6.26. The van der Waals surface area contributed by atoms with Crippen LogP contribution in [0.15, 0.2) is 42.6 Å². The quantitative estimate of drug-likeness (QED) is 0.811. The number of nitrogens with zero attached hydrogens (tertiary/aromatic N) is 2. The number of benzene rings is 1. The average molecular weight is 298 g/mol. The van der Waals surface area contributed by atoms with E-state index in [1.165, 1.54) is 17.7 Å². The van der Waals surface area contributed by atoms with Gasteiger partial charge in [-0.3, -0.25) is 4.79 Å². The number of rotatable bonds is 3. The van der Waals surface area contributed by atoms with Gasteiger partial charge in [-0.05, 0) is 61.7 Å². The summed E-state index contributed by atoms with van der Waals surface area (Å²) in [5.41, 5.74) is 1.79. The normalized spacial score (nSPS) is 15.8. The van der Waals surface area contributed by atoms with Crippen molar-refractivity contribution in [2.45, 2.75) is 19.8 Å². The van der Waals surface area contributed by atoms with Gasteiger partial charge in [0.25, 0.3) is 0 Å². The van der Waals surface area contributed by atoms with Crippen LogP contribution in [0.2, 0.25) is 0 Å². The van der Waals surface area contributed by atoms with Crippen molar-refractivity contribution in [3.8, 4) is 0 Å². The number of aromatic nitrogens is 1. The standard InChI is InChI=1S/C18H19FN2O/c1-13-6-9-20-17(12-13)21-10-7-15(8-11-21)18(22)14-2-4-16(19)5-3-14/h2-6,9,12,15H,7-8,10-11H2,1H3. The number of ketones is 1. The lowest BCUT2D eigenvalue weighted by Gasteiger charge is -2.32. The Morgan fingerprint density at radius 2 is 1.86 bits per heavy atom. The average Bonchev–Trinajstić information content (AvgIpc) is 2.55. The molecule has 0 radical (unpaired) electrons. The summed E-state index contributed by atoms with van der Waals surface area (Å²) in [7, 11) is 0. The lowest BCUT2D eigenvalue weighted by atomic mass is 9.89. The summed E-state index contributed by atoms with van der Waals surface area (Å²) in [6, 6.07) is 9.90. The van der Waals surface area contributed by atoms with Crippen LogP contribution in [0, 0.1) is 18.7 Å². The van der Waals surface area contributed by atoms with Gasteiger partial charge < -0.3 is 4.90 Å². The van der Waals surface area contributed by atoms with E-state index in [2.05, 4.69) is 22.9 Å². The summed E-state index contributed by atoms with van der Waals surface area (Å²) in [6.07, 6.45) is 3.44. The Bertz CT molecular complexity index is 661. The van der Waals surface area contributed by atoms with E-state index in [-0.39, 0.29) is 17.5 Å². The fraction of sp³-hybridized carbons (Fsp3) is 0.333. The zero-order chi connectivity index (χ0) is 15.5. The number of carbonyl (C=O) groups is 1. The molecule has 1 aliphatic rings. The van der Waals surface area contributed by atoms with Crippen molar-refractivity contribution in [2.24, 2.45) is 5.92 Å². The smallest absolute Gasteiger partial charge is 0.166 e. The van der Waals surface area contributed by atoms with Gasteiger partial charge in [-0.1, -0.05) is 0 Å². The van der Waals surface area contributed by atoms with E-state index in [0.29, 0.717) is 5.56 Å². The van der Waals surface area contributed by atoms with Crippen molar-refractivity contribution >= 4 is 11.6 Å². The van der Waals surface area contributed by atoms with Crippen molar-refractivity contribution in [2.75, 3.05) is 18.0 Å². The van der Waals surface area contributed by atoms with Crippen LogP contribution >= 0.6 is 0 Å². The zero-order valence-electron chi connectivity index (χ0n) is 12.6. The molecule has 0 amide bonds. The molecular formula is C18H19FN2O. The molecule has 114 valence electrons. The molecular weight excluding hydrogens is 279 g/mol. The Balaban J connectivity index is 1.64. The molecule has 1 aromatic carbocycles. The Morgan fingerprint density at radius 1 is 1.18 bits per heavy atom. The summed E-state index contributed by atoms with van der Waals surface area (Å²) in [5.74, 6) is 0.813. The SMILES string of the molecule is Cc1ccnc(N2CCC(C(=O)c3ccc(F)cc3)CC2)c1. The van der Waals surface area contributed by atoms with E-state index in [4.69, 9.17) is 0 Å². The minimum absolute atomic E-state index is 0.0199. The number of piperidine rings is 1. The minimum Gasteiger partial charge on any atom is -0.357 e. The number of anilines is 1. The van der Waals surface area contributed by atoms with E-state index in [0.717, 1.165) is 31.7 Å². The van der Waals surface area contributed by atoms with Gasteiger partial charge in [-0.15, -0.1) is 0 Å². The number of hydrogen-bond donors (Lipinski definition) is 0. The molecule has 0 aliphatic carbocycles. The van der Waals surface area contributed by atoms with Crippen LogP contribution in [0.1, 0.15) is 28.8 Å². The molecule has 2 aromatic rings. The molecule has 4 heteroatoms. The lowest BCUT2D eigenvalue weighted by molar-refractivity contribution is 0.0900. The molecule has 3 nitrogen and oxygen atoms in total. The largest absolute Gasteiger partial charge is 0.357 e. The first-order valence-electron chi connectivity index (χ1n) is 7.61. The number of halogens is 1. The van der Waals surface area contributed by atoms with Gasteiger partial charge in [0, 0.05) is 30.8 Å². The maximum absolute atomic E-state index is 12.9. The van der Waals surface area contributed by atoms with Crippen LogP contribution in [-0.4, -0.2) is 23.9 Å². The molecule has 1 aromatic heterocycles. The third-order valence-corrected chi connectivity index (χ3v) is 4.22. The van der Waals surface area contributed by atoms with Gasteiger partial charge in [-0.2, -0.15) is 0 Å². The van der Waals surface area contributed by atoms with Gasteiger partial charge in [0.05, 0.1) is 0 Å². The van der Waals surface area contributed by atoms with E-state index in [1.807, 2.05) is 12.3 Å². The molecule has 22 heavy (non-hydrogen) atoms. The highest BCUT2D eigenvalue weighted by Gasteiger charge is 2.26.